The molecule has 10 rings (SSSR count). The molecule has 0 atom stereocenters. The van der Waals surface area contributed by atoms with Crippen LogP contribution in [0.1, 0.15) is 16.7 Å². The highest BCUT2D eigenvalue weighted by Crippen LogP contribution is 2.41. The maximum Gasteiger partial charge on any atom is 0.134 e. The highest BCUT2D eigenvalue weighted by atomic mass is 16.3. The van der Waals surface area contributed by atoms with Crippen molar-refractivity contribution < 1.29 is 4.42 Å². The van der Waals surface area contributed by atoms with Gasteiger partial charge in [-0.25, -0.2) is 0 Å². The summed E-state index contributed by atoms with van der Waals surface area (Å²) in [6, 6.07) is 75.8. The Bertz CT molecular complexity index is 2960. The molecule has 0 amide bonds. The van der Waals surface area contributed by atoms with Crippen molar-refractivity contribution in [3.63, 3.8) is 0 Å². The van der Waals surface area contributed by atoms with Crippen molar-refractivity contribution in [3.05, 3.63) is 235 Å². The van der Waals surface area contributed by atoms with E-state index in [2.05, 4.69) is 223 Å². The van der Waals surface area contributed by atoms with Gasteiger partial charge in [0.25, 0.3) is 0 Å². The van der Waals surface area contributed by atoms with Gasteiger partial charge < -0.3 is 9.32 Å². The molecule has 56 heavy (non-hydrogen) atoms. The van der Waals surface area contributed by atoms with Crippen LogP contribution >= 0.6 is 0 Å². The second kappa shape index (κ2) is 14.4. The summed E-state index contributed by atoms with van der Waals surface area (Å²) in [5.74, 6) is 0. The van der Waals surface area contributed by atoms with E-state index in [1.54, 1.807) is 0 Å². The number of benzene rings is 9. The van der Waals surface area contributed by atoms with Gasteiger partial charge in [-0.2, -0.15) is 0 Å². The first-order valence-electron chi connectivity index (χ1n) is 19.1. The minimum atomic E-state index is 0.844. The predicted octanol–water partition coefficient (Wildman–Crippen LogP) is 15.1. The Morgan fingerprint density at radius 3 is 1.71 bits per heavy atom. The van der Waals surface area contributed by atoms with Crippen molar-refractivity contribution >= 4 is 61.2 Å². The van der Waals surface area contributed by atoms with E-state index in [9.17, 15) is 0 Å². The van der Waals surface area contributed by atoms with Crippen LogP contribution in [0.15, 0.2) is 223 Å². The van der Waals surface area contributed by atoms with Crippen molar-refractivity contribution in [2.45, 2.75) is 0 Å². The number of furan rings is 1. The van der Waals surface area contributed by atoms with E-state index >= 15 is 0 Å². The highest BCUT2D eigenvalue weighted by molar-refractivity contribution is 6.13. The van der Waals surface area contributed by atoms with Crippen LogP contribution in [0.2, 0.25) is 0 Å². The minimum Gasteiger partial charge on any atom is -0.464 e. The van der Waals surface area contributed by atoms with Gasteiger partial charge in [0.2, 0.25) is 0 Å². The summed E-state index contributed by atoms with van der Waals surface area (Å²) in [4.78, 5) is 2.35. The van der Waals surface area contributed by atoms with Crippen LogP contribution in [-0.2, 0) is 0 Å². The van der Waals surface area contributed by atoms with Gasteiger partial charge >= 0.3 is 0 Å². The molecule has 0 unspecified atom stereocenters. The molecule has 0 aliphatic rings. The smallest absolute Gasteiger partial charge is 0.134 e. The Balaban J connectivity index is 1.12. The molecule has 2 heteroatoms. The SMILES string of the molecule is C(=C(c1ccccc1)c1ccccc1)c1coc2ccc(N(c3ccc(-c4cc5ccccc5c5ccccc45)cc3)c3cccc(-c4ccccc4)c3)cc12. The normalized spacial score (nSPS) is 11.2. The zero-order valence-electron chi connectivity index (χ0n) is 30.7. The van der Waals surface area contributed by atoms with E-state index in [0.29, 0.717) is 0 Å². The van der Waals surface area contributed by atoms with Crippen LogP contribution in [0, 0.1) is 0 Å². The maximum absolute atomic E-state index is 6.21. The van der Waals surface area contributed by atoms with Gasteiger partial charge in [0, 0.05) is 28.0 Å². The first-order valence-corrected chi connectivity index (χ1v) is 19.1. The van der Waals surface area contributed by atoms with E-state index in [-0.39, 0.29) is 0 Å². The second-order valence-corrected chi connectivity index (χ2v) is 14.2. The van der Waals surface area contributed by atoms with Crippen LogP contribution < -0.4 is 4.90 Å². The van der Waals surface area contributed by atoms with Gasteiger partial charge in [-0.15, -0.1) is 0 Å². The van der Waals surface area contributed by atoms with Crippen LogP contribution in [0.4, 0.5) is 17.1 Å². The third-order valence-electron chi connectivity index (χ3n) is 10.7. The molecular weight excluding hydrogens is 679 g/mol. The van der Waals surface area contributed by atoms with Crippen LogP contribution in [0.25, 0.3) is 66.4 Å². The summed E-state index contributed by atoms with van der Waals surface area (Å²) in [5.41, 5.74) is 13.3. The monoisotopic (exact) mass is 715 g/mol. The lowest BCUT2D eigenvalue weighted by Gasteiger charge is -2.26. The fourth-order valence-corrected chi connectivity index (χ4v) is 8.00. The molecule has 0 saturated heterocycles. The third-order valence-corrected chi connectivity index (χ3v) is 10.7. The standard InChI is InChI=1S/C54H37NO/c1-4-15-38(16-5-1)42-22-14-23-46(33-42)55(45-29-27-41(28-30-45)52-34-43-21-10-11-24-48(43)49-25-12-13-26-50(49)52)47-31-32-54-53(36-47)44(37-56-54)35-51(39-17-6-2-7-18-39)40-19-8-3-9-20-40/h1-37H. The second-order valence-electron chi connectivity index (χ2n) is 14.2. The van der Waals surface area contributed by atoms with Gasteiger partial charge in [-0.1, -0.05) is 164 Å². The number of rotatable bonds is 8. The summed E-state index contributed by atoms with van der Waals surface area (Å²) >= 11 is 0. The van der Waals surface area contributed by atoms with Gasteiger partial charge in [-0.05, 0) is 115 Å². The molecule has 0 radical (unpaired) electrons. The molecule has 1 aromatic heterocycles. The number of fused-ring (bicyclic) bond motifs is 4. The quantitative estimate of drug-likeness (QED) is 0.146. The molecule has 0 fully saturated rings. The Morgan fingerprint density at radius 2 is 0.982 bits per heavy atom. The van der Waals surface area contributed by atoms with Crippen molar-refractivity contribution in [2.75, 3.05) is 4.90 Å². The van der Waals surface area contributed by atoms with E-state index < -0.39 is 0 Å². The lowest BCUT2D eigenvalue weighted by atomic mass is 9.93. The molecule has 9 aromatic carbocycles. The third kappa shape index (κ3) is 6.24. The zero-order chi connectivity index (χ0) is 37.3. The van der Waals surface area contributed by atoms with Crippen LogP contribution in [-0.4, -0.2) is 0 Å². The van der Waals surface area contributed by atoms with Crippen molar-refractivity contribution in [3.8, 4) is 22.3 Å². The molecule has 0 bridgehead atoms. The summed E-state index contributed by atoms with van der Waals surface area (Å²) in [6.07, 6.45) is 4.13. The number of hydrogen-bond acceptors (Lipinski definition) is 2. The topological polar surface area (TPSA) is 16.4 Å². The minimum absolute atomic E-state index is 0.844. The fraction of sp³-hybridized carbons (Fsp3) is 0. The Morgan fingerprint density at radius 1 is 0.393 bits per heavy atom. The molecule has 0 aliphatic carbocycles. The van der Waals surface area contributed by atoms with Crippen LogP contribution in [0.5, 0.6) is 0 Å². The lowest BCUT2D eigenvalue weighted by molar-refractivity contribution is 0.615. The molecule has 264 valence electrons. The van der Waals surface area contributed by atoms with Gasteiger partial charge in [-0.3, -0.25) is 0 Å². The molecule has 10 aromatic rings. The molecule has 0 saturated carbocycles. The van der Waals surface area contributed by atoms with Crippen LogP contribution in [0.3, 0.4) is 0 Å². The highest BCUT2D eigenvalue weighted by Gasteiger charge is 2.18. The Labute approximate surface area is 326 Å². The maximum atomic E-state index is 6.21. The zero-order valence-corrected chi connectivity index (χ0v) is 30.7. The van der Waals surface area contributed by atoms with Gasteiger partial charge in [0.1, 0.15) is 5.58 Å². The molecule has 0 N–H and O–H groups in total. The van der Waals surface area contributed by atoms with Crippen molar-refractivity contribution in [1.29, 1.82) is 0 Å². The fourth-order valence-electron chi connectivity index (χ4n) is 8.00. The van der Waals surface area contributed by atoms with Gasteiger partial charge in [0.05, 0.1) is 6.26 Å². The molecule has 0 aliphatic heterocycles. The largest absolute Gasteiger partial charge is 0.464 e. The van der Waals surface area contributed by atoms with E-state index in [4.69, 9.17) is 4.42 Å². The summed E-state index contributed by atoms with van der Waals surface area (Å²) in [5, 5.41) is 6.09. The van der Waals surface area contributed by atoms with Crippen molar-refractivity contribution in [2.24, 2.45) is 0 Å². The first-order chi connectivity index (χ1) is 27.8. The van der Waals surface area contributed by atoms with E-state index in [1.807, 2.05) is 6.26 Å². The van der Waals surface area contributed by atoms with Crippen molar-refractivity contribution in [1.82, 2.24) is 0 Å². The molecular formula is C54H37NO. The number of hydrogen-bond donors (Lipinski definition) is 0. The van der Waals surface area contributed by atoms with E-state index in [0.717, 1.165) is 55.9 Å². The lowest BCUT2D eigenvalue weighted by Crippen LogP contribution is -2.10. The number of anilines is 3. The molecule has 2 nitrogen and oxygen atoms in total. The Kier molecular flexibility index (Phi) is 8.55. The predicted molar refractivity (Wildman–Crippen MR) is 237 cm³/mol. The molecule has 1 heterocycles. The summed E-state index contributed by atoms with van der Waals surface area (Å²) in [6.45, 7) is 0. The average Bonchev–Trinajstić information content (AvgIpc) is 3.68. The van der Waals surface area contributed by atoms with Gasteiger partial charge in [0.15, 0.2) is 0 Å². The Hall–Kier alpha value is -7.42. The number of nitrogens with zero attached hydrogens (tertiary/aromatic N) is 1. The first kappa shape index (κ1) is 33.2. The summed E-state index contributed by atoms with van der Waals surface area (Å²) in [7, 11) is 0. The van der Waals surface area contributed by atoms with E-state index in [1.165, 1.54) is 38.2 Å². The summed E-state index contributed by atoms with van der Waals surface area (Å²) < 4.78 is 6.21. The average molecular weight is 716 g/mol. The molecule has 0 spiro atoms.